The van der Waals surface area contributed by atoms with Gasteiger partial charge in [-0.15, -0.1) is 0 Å². The molecule has 0 radical (unpaired) electrons. The van der Waals surface area contributed by atoms with Crippen LogP contribution in [0.5, 0.6) is 0 Å². The molecule has 1 atom stereocenters. The number of nitrogens with two attached hydrogens (primary N) is 1. The summed E-state index contributed by atoms with van der Waals surface area (Å²) < 4.78 is 0. The van der Waals surface area contributed by atoms with Gasteiger partial charge >= 0.3 is 0 Å². The molecule has 0 aliphatic carbocycles. The number of rotatable bonds is 4. The van der Waals surface area contributed by atoms with Crippen LogP contribution in [0.4, 0.5) is 0 Å². The van der Waals surface area contributed by atoms with Crippen molar-refractivity contribution in [1.29, 1.82) is 0 Å². The average molecular weight is 233 g/mol. The Hall–Kier alpha value is -0.820. The molecular weight excluding hydrogens is 206 g/mol. The van der Waals surface area contributed by atoms with E-state index >= 15 is 0 Å². The summed E-state index contributed by atoms with van der Waals surface area (Å²) in [6.45, 7) is 12.0. The van der Waals surface area contributed by atoms with Gasteiger partial charge < -0.3 is 5.73 Å². The lowest BCUT2D eigenvalue weighted by molar-refractivity contribution is 0.504. The van der Waals surface area contributed by atoms with Crippen LogP contribution >= 0.6 is 0 Å². The second kappa shape index (κ2) is 5.68. The van der Waals surface area contributed by atoms with Gasteiger partial charge in [0.1, 0.15) is 0 Å². The predicted octanol–water partition coefficient (Wildman–Crippen LogP) is 4.07. The molecule has 1 nitrogen and oxygen atoms in total. The van der Waals surface area contributed by atoms with Gasteiger partial charge in [-0.1, -0.05) is 58.9 Å². The molecule has 1 rings (SSSR count). The van der Waals surface area contributed by atoms with Crippen LogP contribution in [-0.4, -0.2) is 6.54 Å². The first kappa shape index (κ1) is 14.2. The van der Waals surface area contributed by atoms with Crippen LogP contribution in [0, 0.1) is 5.92 Å². The minimum atomic E-state index is 0.231. The summed E-state index contributed by atoms with van der Waals surface area (Å²) in [7, 11) is 0. The quantitative estimate of drug-likeness (QED) is 0.833. The zero-order valence-corrected chi connectivity index (χ0v) is 12.0. The highest BCUT2D eigenvalue weighted by molar-refractivity contribution is 5.29. The zero-order chi connectivity index (χ0) is 13.1. The fourth-order valence-corrected chi connectivity index (χ4v) is 2.19. The van der Waals surface area contributed by atoms with E-state index in [1.165, 1.54) is 17.5 Å². The van der Waals surface area contributed by atoms with Crippen molar-refractivity contribution in [2.24, 2.45) is 11.7 Å². The molecule has 1 heteroatoms. The summed E-state index contributed by atoms with van der Waals surface area (Å²) in [5.74, 6) is 1.20. The van der Waals surface area contributed by atoms with Gasteiger partial charge in [0.05, 0.1) is 0 Å². The molecule has 1 aromatic carbocycles. The molecule has 1 aromatic rings. The van der Waals surface area contributed by atoms with Gasteiger partial charge in [-0.05, 0) is 41.3 Å². The first-order chi connectivity index (χ1) is 7.84. The molecule has 0 saturated heterocycles. The van der Waals surface area contributed by atoms with Crippen molar-refractivity contribution in [3.8, 4) is 0 Å². The molecule has 0 amide bonds. The molecule has 0 bridgehead atoms. The minimum Gasteiger partial charge on any atom is -0.330 e. The van der Waals surface area contributed by atoms with Gasteiger partial charge in [0.15, 0.2) is 0 Å². The minimum absolute atomic E-state index is 0.231. The van der Waals surface area contributed by atoms with Gasteiger partial charge in [-0.2, -0.15) is 0 Å². The highest BCUT2D eigenvalue weighted by Crippen LogP contribution is 2.27. The highest BCUT2D eigenvalue weighted by Gasteiger charge is 2.15. The first-order valence-corrected chi connectivity index (χ1v) is 6.65. The summed E-state index contributed by atoms with van der Waals surface area (Å²) in [5, 5.41) is 0. The topological polar surface area (TPSA) is 26.0 Å². The lowest BCUT2D eigenvalue weighted by atomic mass is 9.84. The molecular formula is C16H27N. The number of benzene rings is 1. The van der Waals surface area contributed by atoms with Gasteiger partial charge in [0, 0.05) is 0 Å². The van der Waals surface area contributed by atoms with E-state index in [2.05, 4.69) is 58.9 Å². The summed E-state index contributed by atoms with van der Waals surface area (Å²) in [6.07, 6.45) is 1.17. The van der Waals surface area contributed by atoms with Crippen molar-refractivity contribution in [2.75, 3.05) is 6.54 Å². The summed E-state index contributed by atoms with van der Waals surface area (Å²) in [6, 6.07) is 9.00. The highest BCUT2D eigenvalue weighted by atomic mass is 14.5. The molecule has 2 N–H and O–H groups in total. The van der Waals surface area contributed by atoms with E-state index in [0.29, 0.717) is 11.8 Å². The second-order valence-electron chi connectivity index (χ2n) is 6.43. The maximum atomic E-state index is 5.88. The Morgan fingerprint density at radius 2 is 1.59 bits per heavy atom. The molecule has 0 aliphatic rings. The molecule has 0 spiro atoms. The van der Waals surface area contributed by atoms with Crippen molar-refractivity contribution in [3.05, 3.63) is 35.4 Å². The number of hydrogen-bond donors (Lipinski definition) is 1. The molecule has 0 aliphatic heterocycles. The fourth-order valence-electron chi connectivity index (χ4n) is 2.19. The van der Waals surface area contributed by atoms with Crippen LogP contribution in [0.25, 0.3) is 0 Å². The zero-order valence-electron chi connectivity index (χ0n) is 12.0. The molecule has 0 saturated carbocycles. The van der Waals surface area contributed by atoms with Crippen LogP contribution in [0.15, 0.2) is 24.3 Å². The van der Waals surface area contributed by atoms with E-state index < -0.39 is 0 Å². The lowest BCUT2D eigenvalue weighted by Crippen LogP contribution is -2.15. The normalized spacial score (nSPS) is 14.1. The summed E-state index contributed by atoms with van der Waals surface area (Å²) in [5.41, 5.74) is 8.88. The number of hydrogen-bond acceptors (Lipinski definition) is 1. The molecule has 1 unspecified atom stereocenters. The standard InChI is InChI=1S/C16H27N/c1-12(2)10-14(11-17)13-6-8-15(9-7-13)16(3,4)5/h6-9,12,14H,10-11,17H2,1-5H3. The van der Waals surface area contributed by atoms with E-state index in [-0.39, 0.29) is 5.41 Å². The Morgan fingerprint density at radius 1 is 1.06 bits per heavy atom. The largest absolute Gasteiger partial charge is 0.330 e. The maximum absolute atomic E-state index is 5.88. The Bertz CT molecular complexity index is 330. The third-order valence-corrected chi connectivity index (χ3v) is 3.29. The van der Waals surface area contributed by atoms with Crippen LogP contribution in [0.1, 0.15) is 58.1 Å². The summed E-state index contributed by atoms with van der Waals surface area (Å²) in [4.78, 5) is 0. The van der Waals surface area contributed by atoms with E-state index in [4.69, 9.17) is 5.73 Å². The third kappa shape index (κ3) is 4.16. The smallest absolute Gasteiger partial charge is 0.000814 e. The van der Waals surface area contributed by atoms with Crippen LogP contribution in [0.2, 0.25) is 0 Å². The molecule has 17 heavy (non-hydrogen) atoms. The second-order valence-corrected chi connectivity index (χ2v) is 6.43. The van der Waals surface area contributed by atoms with Crippen molar-refractivity contribution >= 4 is 0 Å². The van der Waals surface area contributed by atoms with Gasteiger partial charge in [0.25, 0.3) is 0 Å². The van der Waals surface area contributed by atoms with E-state index in [9.17, 15) is 0 Å². The monoisotopic (exact) mass is 233 g/mol. The van der Waals surface area contributed by atoms with Crippen LogP contribution in [-0.2, 0) is 5.41 Å². The van der Waals surface area contributed by atoms with E-state index in [1.54, 1.807) is 0 Å². The maximum Gasteiger partial charge on any atom is -0.000814 e. The molecule has 0 heterocycles. The SMILES string of the molecule is CC(C)CC(CN)c1ccc(C(C)(C)C)cc1. The van der Waals surface area contributed by atoms with Crippen molar-refractivity contribution in [2.45, 2.75) is 52.4 Å². The summed E-state index contributed by atoms with van der Waals surface area (Å²) >= 11 is 0. The van der Waals surface area contributed by atoms with Gasteiger partial charge in [-0.3, -0.25) is 0 Å². The Morgan fingerprint density at radius 3 is 1.94 bits per heavy atom. The predicted molar refractivity (Wildman–Crippen MR) is 76.4 cm³/mol. The van der Waals surface area contributed by atoms with Gasteiger partial charge in [0.2, 0.25) is 0 Å². The van der Waals surface area contributed by atoms with Gasteiger partial charge in [-0.25, -0.2) is 0 Å². The Balaban J connectivity index is 2.85. The Labute approximate surface area is 106 Å². The third-order valence-electron chi connectivity index (χ3n) is 3.29. The molecule has 96 valence electrons. The fraction of sp³-hybridized carbons (Fsp3) is 0.625. The van der Waals surface area contributed by atoms with Crippen LogP contribution < -0.4 is 5.73 Å². The lowest BCUT2D eigenvalue weighted by Gasteiger charge is -2.22. The van der Waals surface area contributed by atoms with Crippen LogP contribution in [0.3, 0.4) is 0 Å². The van der Waals surface area contributed by atoms with Crippen molar-refractivity contribution in [1.82, 2.24) is 0 Å². The molecule has 0 aromatic heterocycles. The Kier molecular flexibility index (Phi) is 4.76. The first-order valence-electron chi connectivity index (χ1n) is 6.65. The van der Waals surface area contributed by atoms with Crippen molar-refractivity contribution in [3.63, 3.8) is 0 Å². The van der Waals surface area contributed by atoms with E-state index in [1.807, 2.05) is 0 Å². The average Bonchev–Trinajstić information content (AvgIpc) is 2.24. The molecule has 0 fully saturated rings. The van der Waals surface area contributed by atoms with Crippen molar-refractivity contribution < 1.29 is 0 Å². The van der Waals surface area contributed by atoms with E-state index in [0.717, 1.165) is 6.54 Å².